The van der Waals surface area contributed by atoms with Crippen LogP contribution in [0.3, 0.4) is 0 Å². The van der Waals surface area contributed by atoms with Crippen LogP contribution in [0.2, 0.25) is 0 Å². The molecule has 6 N–H and O–H groups in total. The number of benzene rings is 1. The van der Waals surface area contributed by atoms with Gasteiger partial charge in [-0.05, 0) is 326 Å². The van der Waals surface area contributed by atoms with E-state index in [9.17, 15) is 28.8 Å². The fourth-order valence-corrected chi connectivity index (χ4v) is 9.18. The third kappa shape index (κ3) is 114. The topological polar surface area (TPSA) is 230 Å². The zero-order chi connectivity index (χ0) is 115. The monoisotopic (exact) mass is 2030 g/mol. The SMILES string of the molecule is C#CC#CC#CC#CC#CC#CC#CC#CC#CC#CC#CC#CC#CC#CC#CC#CC#CC#CC#CC#CC#CC#CC#CC.CCC(C)(C)CCNC(=O)COC(C)(C)C.CCC(C)(C)CCOCCCC(=O)OC(C)(C)C.CCC(C)(C)Cc1ccc(CNC(=O)COC(C)(C)C)cc1.CNC(C)(C)CCC(=O)C(C)(C)C.CNC(C)(C)CCCCC(=O)C(C)(C)C.CNC(C)(C)CCOCCNC(=O)COC(C)(C)C. The Morgan fingerprint density at radius 3 is 0.887 bits per heavy atom. The number of hydrogen-bond donors (Lipinski definition) is 6. The van der Waals surface area contributed by atoms with Crippen molar-refractivity contribution in [2.45, 2.75) is 377 Å². The number of ketones is 2. The van der Waals surface area contributed by atoms with Gasteiger partial charge in [0.15, 0.2) is 0 Å². The maximum absolute atomic E-state index is 11.7. The van der Waals surface area contributed by atoms with Crippen molar-refractivity contribution in [2.24, 2.45) is 27.1 Å². The molecule has 18 nitrogen and oxygen atoms in total. The zero-order valence-corrected chi connectivity index (χ0v) is 98.0. The predicted octanol–water partition coefficient (Wildman–Crippen LogP) is 18.4. The minimum absolute atomic E-state index is 0.0261. The maximum atomic E-state index is 11.7. The molecule has 0 fully saturated rings. The van der Waals surface area contributed by atoms with Crippen molar-refractivity contribution in [2.75, 3.05) is 80.5 Å². The summed E-state index contributed by atoms with van der Waals surface area (Å²) in [6.45, 7) is 74.4. The average molecular weight is 2030 g/mol. The van der Waals surface area contributed by atoms with Gasteiger partial charge in [-0.3, -0.25) is 28.8 Å². The second-order valence-corrected chi connectivity index (χ2v) is 43.6. The molecule has 0 radical (unpaired) electrons. The largest absolute Gasteiger partial charge is 0.460 e. The molecule has 1 rings (SSSR count). The first-order valence-corrected chi connectivity index (χ1v) is 50.6. The van der Waals surface area contributed by atoms with Crippen LogP contribution in [0.5, 0.6) is 0 Å². The first-order valence-electron chi connectivity index (χ1n) is 50.6. The van der Waals surface area contributed by atoms with E-state index in [2.05, 4.69) is 426 Å². The molecule has 1 aromatic carbocycles. The first-order chi connectivity index (χ1) is 69.9. The van der Waals surface area contributed by atoms with E-state index in [1.807, 2.05) is 146 Å². The number of Topliss-reactive ketones (excluding diaryl/α,β-unsaturated/α-hetero) is 2. The molecule has 0 aromatic heterocycles. The Morgan fingerprint density at radius 2 is 0.573 bits per heavy atom. The molecule has 802 valence electrons. The lowest BCUT2D eigenvalue weighted by Crippen LogP contribution is -2.37. The van der Waals surface area contributed by atoms with Crippen LogP contribution in [0, 0.1) is 300 Å². The molecular weight excluding hydrogens is 1860 g/mol. The fraction of sp³-hybridized carbons (Fsp3) is 0.561. The number of carbonyl (C=O) groups excluding carboxylic acids is 6. The van der Waals surface area contributed by atoms with E-state index >= 15 is 0 Å². The maximum Gasteiger partial charge on any atom is 0.306 e. The Hall–Kier alpha value is -14.0. The minimum atomic E-state index is -0.386. The van der Waals surface area contributed by atoms with Crippen LogP contribution in [-0.4, -0.2) is 155 Å². The van der Waals surface area contributed by atoms with Gasteiger partial charge in [-0.25, -0.2) is 0 Å². The van der Waals surface area contributed by atoms with E-state index in [0.29, 0.717) is 73.6 Å². The minimum Gasteiger partial charge on any atom is -0.460 e. The second-order valence-electron chi connectivity index (χ2n) is 43.6. The van der Waals surface area contributed by atoms with Gasteiger partial charge in [0.05, 0.1) is 23.4 Å². The van der Waals surface area contributed by atoms with Crippen molar-refractivity contribution in [3.8, 4) is 273 Å². The number of ether oxygens (including phenoxy) is 6. The van der Waals surface area contributed by atoms with Gasteiger partial charge in [-0.2, -0.15) is 0 Å². The van der Waals surface area contributed by atoms with Gasteiger partial charge < -0.3 is 60.3 Å². The van der Waals surface area contributed by atoms with Crippen molar-refractivity contribution in [1.82, 2.24) is 31.9 Å². The highest BCUT2D eigenvalue weighted by Gasteiger charge is 2.26. The Bertz CT molecular complexity index is 5960. The third-order valence-corrected chi connectivity index (χ3v) is 20.5. The summed E-state index contributed by atoms with van der Waals surface area (Å²) in [5, 5.41) is 18.2. The highest BCUT2D eigenvalue weighted by atomic mass is 16.6. The Kier molecular flexibility index (Phi) is 84.0. The molecule has 0 aliphatic carbocycles. The molecule has 0 atom stereocenters. The number of carbonyl (C=O) groups is 6. The highest BCUT2D eigenvalue weighted by Crippen LogP contribution is 2.28. The van der Waals surface area contributed by atoms with E-state index < -0.39 is 0 Å². The fourth-order valence-electron chi connectivity index (χ4n) is 9.18. The lowest BCUT2D eigenvalue weighted by atomic mass is 9.83. The molecule has 0 aliphatic heterocycles. The van der Waals surface area contributed by atoms with Gasteiger partial charge in [-0.15, -0.1) is 6.42 Å². The molecule has 0 aliphatic rings. The number of amides is 3. The molecule has 0 unspecified atom stereocenters. The lowest BCUT2D eigenvalue weighted by molar-refractivity contribution is -0.155. The smallest absolute Gasteiger partial charge is 0.306 e. The first kappa shape index (κ1) is 147. The van der Waals surface area contributed by atoms with Gasteiger partial charge in [-0.1, -0.05) is 160 Å². The summed E-state index contributed by atoms with van der Waals surface area (Å²) in [5.41, 5.74) is 2.24. The molecular formula is C132H172N6O12. The Balaban J connectivity index is -0.000000428. The van der Waals surface area contributed by atoms with Crippen LogP contribution in [0.15, 0.2) is 24.3 Å². The van der Waals surface area contributed by atoms with Crippen molar-refractivity contribution >= 4 is 35.3 Å². The zero-order valence-electron chi connectivity index (χ0n) is 98.0. The number of unbranched alkanes of at least 4 members (excludes halogenated alkanes) is 1. The van der Waals surface area contributed by atoms with E-state index in [-0.39, 0.29) is 93.4 Å². The number of terminal acetylenes is 1. The summed E-state index contributed by atoms with van der Waals surface area (Å²) >= 11 is 0. The van der Waals surface area contributed by atoms with E-state index in [4.69, 9.17) is 34.8 Å². The summed E-state index contributed by atoms with van der Waals surface area (Å²) in [5.74, 6) is 112. The molecule has 0 saturated carbocycles. The van der Waals surface area contributed by atoms with Crippen molar-refractivity contribution in [3.63, 3.8) is 0 Å². The van der Waals surface area contributed by atoms with E-state index in [0.717, 1.165) is 95.8 Å². The molecule has 0 spiro atoms. The van der Waals surface area contributed by atoms with Crippen LogP contribution in [0.25, 0.3) is 0 Å². The summed E-state index contributed by atoms with van der Waals surface area (Å²) in [7, 11) is 5.86. The quantitative estimate of drug-likeness (QED) is 0.0204. The molecule has 0 heterocycles. The molecule has 18 heteroatoms. The second kappa shape index (κ2) is 85.9. The van der Waals surface area contributed by atoms with Gasteiger partial charge >= 0.3 is 5.97 Å². The Morgan fingerprint density at radius 1 is 0.287 bits per heavy atom. The normalized spacial score (nSPS) is 9.89. The average Bonchev–Trinajstić information content (AvgIpc) is 0.874. The van der Waals surface area contributed by atoms with E-state index in [1.54, 1.807) is 6.92 Å². The van der Waals surface area contributed by atoms with E-state index in [1.165, 1.54) is 12.0 Å². The summed E-state index contributed by atoms with van der Waals surface area (Å²) in [4.78, 5) is 69.2. The molecule has 150 heavy (non-hydrogen) atoms. The van der Waals surface area contributed by atoms with Crippen LogP contribution in [0.4, 0.5) is 0 Å². The Labute approximate surface area is 911 Å². The van der Waals surface area contributed by atoms with Gasteiger partial charge in [0, 0.05) is 252 Å². The van der Waals surface area contributed by atoms with Crippen LogP contribution in [-0.2, 0) is 70.2 Å². The molecule has 1 aromatic rings. The third-order valence-electron chi connectivity index (χ3n) is 20.5. The lowest BCUT2D eigenvalue weighted by Gasteiger charge is -2.25. The predicted molar refractivity (Wildman–Crippen MR) is 620 cm³/mol. The van der Waals surface area contributed by atoms with Gasteiger partial charge in [0.1, 0.15) is 37.0 Å². The van der Waals surface area contributed by atoms with Crippen molar-refractivity contribution < 1.29 is 57.2 Å². The molecule has 3 amide bonds. The number of nitrogens with one attached hydrogen (secondary N) is 6. The van der Waals surface area contributed by atoms with Crippen molar-refractivity contribution in [1.29, 1.82) is 0 Å². The molecule has 0 bridgehead atoms. The summed E-state index contributed by atoms with van der Waals surface area (Å²) in [6, 6.07) is 8.49. The number of esters is 1. The summed E-state index contributed by atoms with van der Waals surface area (Å²) in [6.07, 6.45) is 19.2. The van der Waals surface area contributed by atoms with Crippen LogP contribution < -0.4 is 31.9 Å². The van der Waals surface area contributed by atoms with Crippen LogP contribution >= 0.6 is 0 Å². The highest BCUT2D eigenvalue weighted by molar-refractivity contribution is 5.84. The standard InChI is InChI=1S/C47H4.C19H31NO2.C15H30O3.C14H30N2O3.C13H27NO2.C13H27NO.C11H23NO/c1-3-5-7-9-11-13-15-17-19-21-23-25-27-29-31-33-35-37-39-41-43-45-47-46-44-42-40-38-36-34-32-30-28-26-24-22-20-18-16-14-12-10-8-6-4-2;1-7-19(5,6)12-15-8-10-16(11-9-15)13-20-17(21)14-22-18(2,3)4;1-7-15(5,6)10-12-17-11-8-9-13(16)18-14(2,3)4;1-13(2,3)19-11-12(17)16-8-10-18-9-7-14(4,5)15-6;1-7-13(5,6)8-9-14-11(15)10-16-12(2,3)4;1-12(2,3)11(15)9-7-8-10-13(4,5)14-6;1-10(2,3)9(13)7-8-11(4,5)12-6/h1H,2H3;8-11H,7,12-14H2,1-6H3,(H,20,21);7-12H2,1-6H3;15H,7-11H2,1-6H3,(H,16,17);7-10H2,1-6H3,(H,14,15);14H,7-10H2,1-6H3;12H,7-8H2,1-6H3. The van der Waals surface area contributed by atoms with Crippen LogP contribution in [0.1, 0.15) is 336 Å². The molecule has 0 saturated heterocycles. The van der Waals surface area contributed by atoms with Crippen molar-refractivity contribution in [3.05, 3.63) is 35.4 Å². The summed E-state index contributed by atoms with van der Waals surface area (Å²) < 4.78 is 32.4. The number of hydrogen-bond acceptors (Lipinski definition) is 15. The van der Waals surface area contributed by atoms with Gasteiger partial charge in [0.2, 0.25) is 17.7 Å². The number of rotatable bonds is 40. The van der Waals surface area contributed by atoms with Gasteiger partial charge in [0.25, 0.3) is 0 Å².